The van der Waals surface area contributed by atoms with Crippen molar-refractivity contribution >= 4 is 23.2 Å². The largest absolute Gasteiger partial charge is 0.427 e. The molecule has 1 aliphatic rings. The molecule has 5 nitrogen and oxygen atoms in total. The van der Waals surface area contributed by atoms with Gasteiger partial charge in [0, 0.05) is 26.2 Å². The third kappa shape index (κ3) is 4.38. The Balaban J connectivity index is 1.88. The summed E-state index contributed by atoms with van der Waals surface area (Å²) >= 11 is 11.7. The molecule has 0 atom stereocenters. The van der Waals surface area contributed by atoms with Crippen molar-refractivity contribution in [2.75, 3.05) is 39.4 Å². The lowest BCUT2D eigenvalue weighted by molar-refractivity contribution is 0.0377. The average molecular weight is 306 g/mol. The van der Waals surface area contributed by atoms with Gasteiger partial charge in [0.25, 0.3) is 0 Å². The highest BCUT2D eigenvalue weighted by atomic mass is 35.5. The van der Waals surface area contributed by atoms with Gasteiger partial charge in [0.2, 0.25) is 0 Å². The van der Waals surface area contributed by atoms with Crippen molar-refractivity contribution < 1.29 is 9.94 Å². The Morgan fingerprint density at radius 3 is 2.74 bits per heavy atom. The van der Waals surface area contributed by atoms with Gasteiger partial charge < -0.3 is 9.94 Å². The SMILES string of the molecule is On1cc(Cl)cc(Cl)c1=NCCCN1CCOCC1. The standard InChI is InChI=1S/C12H17Cl2N3O2/c13-10-8-11(14)12(17(18)9-10)15-2-1-3-16-4-6-19-7-5-16/h8-9,18H,1-7H2. The molecule has 1 N–H and O–H groups in total. The van der Waals surface area contributed by atoms with E-state index in [1.54, 1.807) is 6.07 Å². The Hall–Kier alpha value is -0.750. The summed E-state index contributed by atoms with van der Waals surface area (Å²) in [5.41, 5.74) is 0.341. The van der Waals surface area contributed by atoms with E-state index >= 15 is 0 Å². The van der Waals surface area contributed by atoms with Gasteiger partial charge in [-0.15, -0.1) is 0 Å². The zero-order valence-corrected chi connectivity index (χ0v) is 12.1. The van der Waals surface area contributed by atoms with Gasteiger partial charge in [-0.05, 0) is 12.5 Å². The molecule has 1 fully saturated rings. The third-order valence-corrected chi connectivity index (χ3v) is 3.42. The van der Waals surface area contributed by atoms with E-state index in [0.717, 1.165) is 44.0 Å². The Morgan fingerprint density at radius 1 is 1.32 bits per heavy atom. The molecular formula is C12H17Cl2N3O2. The summed E-state index contributed by atoms with van der Waals surface area (Å²) in [5, 5.41) is 10.4. The summed E-state index contributed by atoms with van der Waals surface area (Å²) in [6.07, 6.45) is 2.28. The lowest BCUT2D eigenvalue weighted by Crippen LogP contribution is -2.37. The molecule has 1 aliphatic heterocycles. The topological polar surface area (TPSA) is 50.0 Å². The van der Waals surface area contributed by atoms with Gasteiger partial charge in [-0.25, -0.2) is 0 Å². The van der Waals surface area contributed by atoms with Crippen LogP contribution in [0, 0.1) is 0 Å². The van der Waals surface area contributed by atoms with E-state index in [9.17, 15) is 5.21 Å². The lowest BCUT2D eigenvalue weighted by atomic mass is 10.3. The second kappa shape index (κ2) is 7.14. The van der Waals surface area contributed by atoms with Crippen molar-refractivity contribution in [3.63, 3.8) is 0 Å². The summed E-state index contributed by atoms with van der Waals surface area (Å²) in [6, 6.07) is 1.57. The Kier molecular flexibility index (Phi) is 5.51. The van der Waals surface area contributed by atoms with Crippen molar-refractivity contribution in [1.29, 1.82) is 0 Å². The average Bonchev–Trinajstić information content (AvgIpc) is 2.38. The fraction of sp³-hybridized carbons (Fsp3) is 0.583. The van der Waals surface area contributed by atoms with Gasteiger partial charge in [0.15, 0.2) is 5.49 Å². The molecule has 2 rings (SSSR count). The van der Waals surface area contributed by atoms with Crippen LogP contribution >= 0.6 is 23.2 Å². The van der Waals surface area contributed by atoms with Crippen LogP contribution in [0.1, 0.15) is 6.42 Å². The molecule has 0 aromatic carbocycles. The number of aromatic nitrogens is 1. The highest BCUT2D eigenvalue weighted by Gasteiger charge is 2.09. The number of halogens is 2. The number of pyridine rings is 1. The molecule has 0 spiro atoms. The maximum atomic E-state index is 9.65. The van der Waals surface area contributed by atoms with Crippen molar-refractivity contribution in [1.82, 2.24) is 9.63 Å². The normalized spacial score (nSPS) is 17.9. The minimum Gasteiger partial charge on any atom is -0.427 e. The fourth-order valence-corrected chi connectivity index (χ4v) is 2.48. The van der Waals surface area contributed by atoms with Gasteiger partial charge in [0.05, 0.1) is 29.5 Å². The summed E-state index contributed by atoms with van der Waals surface area (Å²) in [4.78, 5) is 6.64. The summed E-state index contributed by atoms with van der Waals surface area (Å²) in [5.74, 6) is 0. The van der Waals surface area contributed by atoms with Crippen LogP contribution in [0.25, 0.3) is 0 Å². The summed E-state index contributed by atoms with van der Waals surface area (Å²) < 4.78 is 6.15. The third-order valence-electron chi connectivity index (χ3n) is 2.94. The fourth-order valence-electron chi connectivity index (χ4n) is 1.96. The van der Waals surface area contributed by atoms with Gasteiger partial charge in [0.1, 0.15) is 0 Å². The van der Waals surface area contributed by atoms with Crippen LogP contribution in [0.3, 0.4) is 0 Å². The molecular weight excluding hydrogens is 289 g/mol. The molecule has 0 radical (unpaired) electrons. The van der Waals surface area contributed by atoms with Crippen LogP contribution in [0.2, 0.25) is 10.0 Å². The molecule has 1 aromatic heterocycles. The van der Waals surface area contributed by atoms with Crippen molar-refractivity contribution in [2.24, 2.45) is 4.99 Å². The first kappa shape index (κ1) is 14.7. The molecule has 7 heteroatoms. The van der Waals surface area contributed by atoms with Crippen molar-refractivity contribution in [2.45, 2.75) is 6.42 Å². The number of nitrogens with zero attached hydrogens (tertiary/aromatic N) is 3. The van der Waals surface area contributed by atoms with Crippen LogP contribution < -0.4 is 5.49 Å². The van der Waals surface area contributed by atoms with Gasteiger partial charge in [-0.2, -0.15) is 4.73 Å². The van der Waals surface area contributed by atoms with Crippen LogP contribution in [0.5, 0.6) is 0 Å². The first-order valence-corrected chi connectivity index (χ1v) is 7.00. The second-order valence-electron chi connectivity index (χ2n) is 4.36. The number of rotatable bonds is 4. The molecule has 2 heterocycles. The van der Waals surface area contributed by atoms with Crippen LogP contribution in [0.4, 0.5) is 0 Å². The highest BCUT2D eigenvalue weighted by molar-refractivity contribution is 6.34. The minimum atomic E-state index is 0.341. The predicted molar refractivity (Wildman–Crippen MR) is 73.9 cm³/mol. The quantitative estimate of drug-likeness (QED) is 0.680. The van der Waals surface area contributed by atoms with Crippen LogP contribution in [-0.2, 0) is 4.74 Å². The van der Waals surface area contributed by atoms with E-state index in [4.69, 9.17) is 27.9 Å². The smallest absolute Gasteiger partial charge is 0.182 e. The Morgan fingerprint density at radius 2 is 2.05 bits per heavy atom. The molecule has 0 amide bonds. The minimum absolute atomic E-state index is 0.341. The van der Waals surface area contributed by atoms with E-state index in [2.05, 4.69) is 9.89 Å². The van der Waals surface area contributed by atoms with Crippen molar-refractivity contribution in [3.8, 4) is 0 Å². The lowest BCUT2D eigenvalue weighted by Gasteiger charge is -2.26. The maximum absolute atomic E-state index is 9.65. The molecule has 0 saturated carbocycles. The molecule has 19 heavy (non-hydrogen) atoms. The van der Waals surface area contributed by atoms with Crippen molar-refractivity contribution in [3.05, 3.63) is 27.8 Å². The molecule has 106 valence electrons. The van der Waals surface area contributed by atoms with Crippen LogP contribution in [0.15, 0.2) is 17.3 Å². The van der Waals surface area contributed by atoms with E-state index in [1.807, 2.05) is 0 Å². The van der Waals surface area contributed by atoms with E-state index in [1.165, 1.54) is 6.20 Å². The Bertz CT molecular complexity index is 458. The number of ether oxygens (including phenoxy) is 1. The van der Waals surface area contributed by atoms with Gasteiger partial charge in [-0.1, -0.05) is 23.2 Å². The highest BCUT2D eigenvalue weighted by Crippen LogP contribution is 2.10. The zero-order chi connectivity index (χ0) is 13.7. The van der Waals surface area contributed by atoms with E-state index in [-0.39, 0.29) is 0 Å². The van der Waals surface area contributed by atoms with Crippen LogP contribution in [-0.4, -0.2) is 54.2 Å². The number of hydrogen-bond acceptors (Lipinski definition) is 4. The van der Waals surface area contributed by atoms with E-state index in [0.29, 0.717) is 22.1 Å². The first-order chi connectivity index (χ1) is 9.16. The summed E-state index contributed by atoms with van der Waals surface area (Å²) in [7, 11) is 0. The van der Waals surface area contributed by atoms with Gasteiger partial charge in [-0.3, -0.25) is 9.89 Å². The predicted octanol–water partition coefficient (Wildman–Crippen LogP) is 1.66. The zero-order valence-electron chi connectivity index (χ0n) is 10.6. The Labute approximate surface area is 122 Å². The molecule has 1 aromatic rings. The summed E-state index contributed by atoms with van der Waals surface area (Å²) in [6.45, 7) is 5.14. The van der Waals surface area contributed by atoms with E-state index < -0.39 is 0 Å². The molecule has 1 saturated heterocycles. The monoisotopic (exact) mass is 305 g/mol. The van der Waals surface area contributed by atoms with Gasteiger partial charge >= 0.3 is 0 Å². The molecule has 0 unspecified atom stereocenters. The molecule has 0 aliphatic carbocycles. The number of morpholine rings is 1. The number of hydrogen-bond donors (Lipinski definition) is 1. The molecule has 0 bridgehead atoms. The first-order valence-electron chi connectivity index (χ1n) is 6.24. The maximum Gasteiger partial charge on any atom is 0.182 e. The second-order valence-corrected chi connectivity index (χ2v) is 5.21.